The molecular formula is C14H13ClO2S. The number of hydrogen-bond donors (Lipinski definition) is 1. The van der Waals surface area contributed by atoms with Crippen molar-refractivity contribution >= 4 is 23.4 Å². The molecule has 0 aliphatic heterocycles. The molecule has 0 bridgehead atoms. The van der Waals surface area contributed by atoms with Crippen LogP contribution in [-0.2, 0) is 6.61 Å². The molecule has 4 heteroatoms. The molecule has 0 saturated heterocycles. The maximum atomic E-state index is 9.31. The van der Waals surface area contributed by atoms with Crippen LogP contribution in [0.3, 0.4) is 0 Å². The van der Waals surface area contributed by atoms with Gasteiger partial charge in [-0.05, 0) is 35.9 Å². The van der Waals surface area contributed by atoms with Crippen molar-refractivity contribution in [2.45, 2.75) is 16.4 Å². The number of aliphatic hydroxyl groups is 1. The molecule has 2 aromatic carbocycles. The first-order valence-corrected chi connectivity index (χ1v) is 6.63. The van der Waals surface area contributed by atoms with Gasteiger partial charge < -0.3 is 9.84 Å². The van der Waals surface area contributed by atoms with Crippen LogP contribution in [0.5, 0.6) is 5.75 Å². The van der Waals surface area contributed by atoms with Gasteiger partial charge in [0.15, 0.2) is 0 Å². The van der Waals surface area contributed by atoms with E-state index in [0.29, 0.717) is 5.02 Å². The van der Waals surface area contributed by atoms with Gasteiger partial charge in [0.25, 0.3) is 0 Å². The third-order valence-corrected chi connectivity index (χ3v) is 3.79. The summed E-state index contributed by atoms with van der Waals surface area (Å²) < 4.78 is 5.18. The Hall–Kier alpha value is -1.16. The molecule has 0 unspecified atom stereocenters. The predicted octanol–water partition coefficient (Wildman–Crippen LogP) is 3.99. The molecule has 0 fully saturated rings. The number of benzene rings is 2. The molecular weight excluding hydrogens is 268 g/mol. The van der Waals surface area contributed by atoms with Gasteiger partial charge in [0, 0.05) is 14.8 Å². The fourth-order valence-corrected chi connectivity index (χ4v) is 2.81. The second kappa shape index (κ2) is 6.14. The lowest BCUT2D eigenvalue weighted by atomic mass is 10.2. The van der Waals surface area contributed by atoms with Crippen molar-refractivity contribution in [2.75, 3.05) is 7.11 Å². The molecule has 18 heavy (non-hydrogen) atoms. The van der Waals surface area contributed by atoms with Gasteiger partial charge in [0.2, 0.25) is 0 Å². The third kappa shape index (κ3) is 3.19. The first-order valence-electron chi connectivity index (χ1n) is 5.44. The monoisotopic (exact) mass is 280 g/mol. The first kappa shape index (κ1) is 13.3. The van der Waals surface area contributed by atoms with E-state index in [9.17, 15) is 5.11 Å². The van der Waals surface area contributed by atoms with Gasteiger partial charge in [-0.15, -0.1) is 0 Å². The van der Waals surface area contributed by atoms with Crippen LogP contribution < -0.4 is 4.74 Å². The lowest BCUT2D eigenvalue weighted by Gasteiger charge is -2.08. The van der Waals surface area contributed by atoms with Gasteiger partial charge in [-0.3, -0.25) is 0 Å². The Morgan fingerprint density at radius 2 is 2.06 bits per heavy atom. The van der Waals surface area contributed by atoms with E-state index in [1.807, 2.05) is 36.4 Å². The van der Waals surface area contributed by atoms with Crippen molar-refractivity contribution in [2.24, 2.45) is 0 Å². The Labute approximate surface area is 116 Å². The van der Waals surface area contributed by atoms with E-state index in [4.69, 9.17) is 16.3 Å². The number of rotatable bonds is 4. The van der Waals surface area contributed by atoms with E-state index in [2.05, 4.69) is 0 Å². The van der Waals surface area contributed by atoms with E-state index in [1.165, 1.54) is 0 Å². The van der Waals surface area contributed by atoms with Gasteiger partial charge in [-0.2, -0.15) is 0 Å². The van der Waals surface area contributed by atoms with Crippen LogP contribution >= 0.6 is 23.4 Å². The van der Waals surface area contributed by atoms with Crippen LogP contribution in [0.25, 0.3) is 0 Å². The van der Waals surface area contributed by atoms with Gasteiger partial charge >= 0.3 is 0 Å². The van der Waals surface area contributed by atoms with Crippen LogP contribution in [-0.4, -0.2) is 12.2 Å². The molecule has 2 aromatic rings. The highest BCUT2D eigenvalue weighted by atomic mass is 35.5. The standard InChI is InChI=1S/C14H13ClO2S/c1-17-12-3-2-4-13(8-12)18-14-7-11(15)6-5-10(14)9-16/h2-8,16H,9H2,1H3. The van der Waals surface area contributed by atoms with Gasteiger partial charge in [0.1, 0.15) is 5.75 Å². The molecule has 0 aliphatic rings. The highest BCUT2D eigenvalue weighted by Gasteiger charge is 2.05. The van der Waals surface area contributed by atoms with Crippen LogP contribution in [0.2, 0.25) is 5.02 Å². The van der Waals surface area contributed by atoms with Crippen LogP contribution in [0.1, 0.15) is 5.56 Å². The smallest absolute Gasteiger partial charge is 0.119 e. The first-order chi connectivity index (χ1) is 8.72. The molecule has 0 aliphatic carbocycles. The quantitative estimate of drug-likeness (QED) is 0.918. The van der Waals surface area contributed by atoms with E-state index in [-0.39, 0.29) is 6.61 Å². The van der Waals surface area contributed by atoms with Crippen LogP contribution in [0.4, 0.5) is 0 Å². The molecule has 0 saturated carbocycles. The summed E-state index contributed by atoms with van der Waals surface area (Å²) in [5.41, 5.74) is 0.868. The minimum atomic E-state index is 0.00344. The minimum Gasteiger partial charge on any atom is -0.497 e. The molecule has 2 rings (SSSR count). The predicted molar refractivity (Wildman–Crippen MR) is 74.5 cm³/mol. The van der Waals surface area contributed by atoms with Gasteiger partial charge in [0.05, 0.1) is 13.7 Å². The molecule has 0 spiro atoms. The van der Waals surface area contributed by atoms with Crippen LogP contribution in [0.15, 0.2) is 52.3 Å². The fourth-order valence-electron chi connectivity index (χ4n) is 1.55. The topological polar surface area (TPSA) is 29.5 Å². The average Bonchev–Trinajstić information content (AvgIpc) is 2.39. The molecule has 0 atom stereocenters. The summed E-state index contributed by atoms with van der Waals surface area (Å²) in [7, 11) is 1.64. The number of halogens is 1. The normalized spacial score (nSPS) is 10.4. The summed E-state index contributed by atoms with van der Waals surface area (Å²) in [6.07, 6.45) is 0. The van der Waals surface area contributed by atoms with E-state index < -0.39 is 0 Å². The number of methoxy groups -OCH3 is 1. The van der Waals surface area contributed by atoms with Crippen molar-refractivity contribution in [1.82, 2.24) is 0 Å². The average molecular weight is 281 g/mol. The lowest BCUT2D eigenvalue weighted by Crippen LogP contribution is -1.88. The zero-order valence-electron chi connectivity index (χ0n) is 9.89. The molecule has 0 aromatic heterocycles. The molecule has 0 radical (unpaired) electrons. The summed E-state index contributed by atoms with van der Waals surface area (Å²) in [5, 5.41) is 9.97. The maximum Gasteiger partial charge on any atom is 0.119 e. The van der Waals surface area contributed by atoms with Crippen molar-refractivity contribution in [3.8, 4) is 5.75 Å². The van der Waals surface area contributed by atoms with Crippen molar-refractivity contribution < 1.29 is 9.84 Å². The summed E-state index contributed by atoms with van der Waals surface area (Å²) in [5.74, 6) is 0.813. The van der Waals surface area contributed by atoms with E-state index in [1.54, 1.807) is 24.9 Å². The highest BCUT2D eigenvalue weighted by molar-refractivity contribution is 7.99. The second-order valence-electron chi connectivity index (χ2n) is 3.69. The van der Waals surface area contributed by atoms with E-state index >= 15 is 0 Å². The summed E-state index contributed by atoms with van der Waals surface area (Å²) in [4.78, 5) is 2.00. The molecule has 0 heterocycles. The van der Waals surface area contributed by atoms with Crippen LogP contribution in [0, 0.1) is 0 Å². The number of ether oxygens (including phenoxy) is 1. The Kier molecular flexibility index (Phi) is 4.53. The van der Waals surface area contributed by atoms with Crippen molar-refractivity contribution in [3.63, 3.8) is 0 Å². The Morgan fingerprint density at radius 3 is 2.78 bits per heavy atom. The lowest BCUT2D eigenvalue weighted by molar-refractivity contribution is 0.279. The molecule has 2 nitrogen and oxygen atoms in total. The largest absolute Gasteiger partial charge is 0.497 e. The summed E-state index contributed by atoms with van der Waals surface area (Å²) in [6, 6.07) is 13.3. The maximum absolute atomic E-state index is 9.31. The summed E-state index contributed by atoms with van der Waals surface area (Å²) >= 11 is 7.54. The van der Waals surface area contributed by atoms with Gasteiger partial charge in [-0.1, -0.05) is 35.5 Å². The minimum absolute atomic E-state index is 0.00344. The van der Waals surface area contributed by atoms with Gasteiger partial charge in [-0.25, -0.2) is 0 Å². The molecule has 1 N–H and O–H groups in total. The zero-order chi connectivity index (χ0) is 13.0. The Balaban J connectivity index is 2.29. The Morgan fingerprint density at radius 1 is 1.22 bits per heavy atom. The van der Waals surface area contributed by atoms with E-state index in [0.717, 1.165) is 21.1 Å². The SMILES string of the molecule is COc1cccc(Sc2cc(Cl)ccc2CO)c1. The fraction of sp³-hybridized carbons (Fsp3) is 0.143. The second-order valence-corrected chi connectivity index (χ2v) is 5.24. The van der Waals surface area contributed by atoms with Crippen molar-refractivity contribution in [3.05, 3.63) is 53.1 Å². The zero-order valence-corrected chi connectivity index (χ0v) is 11.5. The number of hydrogen-bond acceptors (Lipinski definition) is 3. The summed E-state index contributed by atoms with van der Waals surface area (Å²) in [6.45, 7) is 0.00344. The third-order valence-electron chi connectivity index (χ3n) is 2.47. The highest BCUT2D eigenvalue weighted by Crippen LogP contribution is 2.34. The Bertz CT molecular complexity index is 543. The number of aliphatic hydroxyl groups excluding tert-OH is 1. The molecule has 94 valence electrons. The van der Waals surface area contributed by atoms with Crippen molar-refractivity contribution in [1.29, 1.82) is 0 Å². The molecule has 0 amide bonds.